The standard InChI is InChI=1S/C15H21BrN2O2/c1-2-18(10-12-5-3-4-8-17-12)15(20)13-7-6-11(16)9-14(13)19/h6-7,9,12,17,19H,2-5,8,10H2,1H3. The Morgan fingerprint density at radius 2 is 2.30 bits per heavy atom. The fourth-order valence-electron chi connectivity index (χ4n) is 2.56. The lowest BCUT2D eigenvalue weighted by Crippen LogP contribution is -2.45. The van der Waals surface area contributed by atoms with Gasteiger partial charge in [-0.25, -0.2) is 0 Å². The Kier molecular flexibility index (Phi) is 5.43. The molecule has 0 radical (unpaired) electrons. The van der Waals surface area contributed by atoms with Crippen molar-refractivity contribution in [3.05, 3.63) is 28.2 Å². The number of phenols is 1. The van der Waals surface area contributed by atoms with Crippen molar-refractivity contribution in [2.24, 2.45) is 0 Å². The van der Waals surface area contributed by atoms with Crippen LogP contribution in [0.15, 0.2) is 22.7 Å². The van der Waals surface area contributed by atoms with Crippen molar-refractivity contribution < 1.29 is 9.90 Å². The summed E-state index contributed by atoms with van der Waals surface area (Å²) in [6, 6.07) is 5.36. The van der Waals surface area contributed by atoms with E-state index in [4.69, 9.17) is 0 Å². The molecule has 1 fully saturated rings. The molecule has 20 heavy (non-hydrogen) atoms. The van der Waals surface area contributed by atoms with Gasteiger partial charge in [-0.3, -0.25) is 4.79 Å². The van der Waals surface area contributed by atoms with Gasteiger partial charge in [0.15, 0.2) is 0 Å². The molecule has 0 aliphatic carbocycles. The lowest BCUT2D eigenvalue weighted by atomic mass is 10.0. The summed E-state index contributed by atoms with van der Waals surface area (Å²) in [5.41, 5.74) is 0.367. The van der Waals surface area contributed by atoms with Crippen molar-refractivity contribution >= 4 is 21.8 Å². The lowest BCUT2D eigenvalue weighted by molar-refractivity contribution is 0.0738. The zero-order valence-electron chi connectivity index (χ0n) is 11.7. The van der Waals surface area contributed by atoms with E-state index in [9.17, 15) is 9.90 Å². The molecule has 2 rings (SSSR count). The molecular formula is C15H21BrN2O2. The number of nitrogens with one attached hydrogen (secondary N) is 1. The van der Waals surface area contributed by atoms with E-state index in [0.717, 1.165) is 17.4 Å². The van der Waals surface area contributed by atoms with Crippen molar-refractivity contribution in [2.45, 2.75) is 32.2 Å². The number of halogens is 1. The summed E-state index contributed by atoms with van der Waals surface area (Å²) in [6.45, 7) is 4.34. The summed E-state index contributed by atoms with van der Waals surface area (Å²) in [4.78, 5) is 14.3. The first-order valence-electron chi connectivity index (χ1n) is 7.13. The predicted molar refractivity (Wildman–Crippen MR) is 83.0 cm³/mol. The zero-order valence-corrected chi connectivity index (χ0v) is 13.3. The molecule has 1 aliphatic rings. The molecule has 1 aliphatic heterocycles. The molecule has 0 aromatic heterocycles. The number of phenolic OH excluding ortho intramolecular Hbond substituents is 1. The number of rotatable bonds is 4. The van der Waals surface area contributed by atoms with Crippen molar-refractivity contribution in [1.29, 1.82) is 0 Å². The maximum absolute atomic E-state index is 12.5. The second-order valence-electron chi connectivity index (χ2n) is 5.15. The van der Waals surface area contributed by atoms with Crippen LogP contribution in [0.3, 0.4) is 0 Å². The minimum Gasteiger partial charge on any atom is -0.507 e. The van der Waals surface area contributed by atoms with Crippen LogP contribution in [-0.2, 0) is 0 Å². The third-order valence-electron chi connectivity index (χ3n) is 3.71. The van der Waals surface area contributed by atoms with Gasteiger partial charge in [-0.05, 0) is 44.5 Å². The molecule has 5 heteroatoms. The van der Waals surface area contributed by atoms with Crippen LogP contribution in [0.4, 0.5) is 0 Å². The Morgan fingerprint density at radius 1 is 1.50 bits per heavy atom. The second-order valence-corrected chi connectivity index (χ2v) is 6.07. The number of carbonyl (C=O) groups is 1. The number of hydrogen-bond acceptors (Lipinski definition) is 3. The van der Waals surface area contributed by atoms with Crippen molar-refractivity contribution in [3.63, 3.8) is 0 Å². The first kappa shape index (κ1) is 15.3. The number of hydrogen-bond donors (Lipinski definition) is 2. The normalized spacial score (nSPS) is 18.8. The average molecular weight is 341 g/mol. The molecule has 0 saturated carbocycles. The van der Waals surface area contributed by atoms with Crippen molar-refractivity contribution in [1.82, 2.24) is 10.2 Å². The molecular weight excluding hydrogens is 320 g/mol. The van der Waals surface area contributed by atoms with Crippen LogP contribution in [0.2, 0.25) is 0 Å². The zero-order chi connectivity index (χ0) is 14.5. The van der Waals surface area contributed by atoms with Crippen LogP contribution in [0.25, 0.3) is 0 Å². The van der Waals surface area contributed by atoms with Crippen LogP contribution < -0.4 is 5.32 Å². The molecule has 1 heterocycles. The Labute approximate surface area is 128 Å². The number of carbonyl (C=O) groups excluding carboxylic acids is 1. The number of nitrogens with zero attached hydrogens (tertiary/aromatic N) is 1. The van der Waals surface area contributed by atoms with Crippen LogP contribution in [0.1, 0.15) is 36.5 Å². The van der Waals surface area contributed by atoms with E-state index < -0.39 is 0 Å². The number of amides is 1. The quantitative estimate of drug-likeness (QED) is 0.886. The van der Waals surface area contributed by atoms with Gasteiger partial charge in [-0.1, -0.05) is 22.4 Å². The van der Waals surface area contributed by atoms with E-state index >= 15 is 0 Å². The third kappa shape index (κ3) is 3.73. The van der Waals surface area contributed by atoms with E-state index in [-0.39, 0.29) is 11.7 Å². The summed E-state index contributed by atoms with van der Waals surface area (Å²) < 4.78 is 0.767. The molecule has 110 valence electrons. The fourth-order valence-corrected chi connectivity index (χ4v) is 2.91. The Morgan fingerprint density at radius 3 is 2.90 bits per heavy atom. The predicted octanol–water partition coefficient (Wildman–Crippen LogP) is 2.76. The topological polar surface area (TPSA) is 52.6 Å². The number of aromatic hydroxyl groups is 1. The summed E-state index contributed by atoms with van der Waals surface area (Å²) in [6.07, 6.45) is 3.53. The van der Waals surface area contributed by atoms with Gasteiger partial charge in [0.25, 0.3) is 5.91 Å². The average Bonchev–Trinajstić information content (AvgIpc) is 2.45. The SMILES string of the molecule is CCN(CC1CCCCN1)C(=O)c1ccc(Br)cc1O. The molecule has 1 aromatic rings. The van der Waals surface area contributed by atoms with Gasteiger partial charge >= 0.3 is 0 Å². The minimum absolute atomic E-state index is 0.0272. The Balaban J connectivity index is 2.07. The summed E-state index contributed by atoms with van der Waals surface area (Å²) >= 11 is 3.28. The molecule has 2 N–H and O–H groups in total. The first-order valence-corrected chi connectivity index (χ1v) is 7.92. The maximum Gasteiger partial charge on any atom is 0.257 e. The van der Waals surface area contributed by atoms with Gasteiger partial charge in [-0.2, -0.15) is 0 Å². The largest absolute Gasteiger partial charge is 0.507 e. The van der Waals surface area contributed by atoms with E-state index in [1.807, 2.05) is 6.92 Å². The molecule has 1 atom stereocenters. The fraction of sp³-hybridized carbons (Fsp3) is 0.533. The molecule has 4 nitrogen and oxygen atoms in total. The highest BCUT2D eigenvalue weighted by atomic mass is 79.9. The molecule has 0 spiro atoms. The number of piperidine rings is 1. The van der Waals surface area contributed by atoms with Crippen LogP contribution in [0, 0.1) is 0 Å². The molecule has 1 aromatic carbocycles. The van der Waals surface area contributed by atoms with E-state index in [2.05, 4.69) is 21.2 Å². The second kappa shape index (κ2) is 7.09. The van der Waals surface area contributed by atoms with E-state index in [1.165, 1.54) is 12.8 Å². The Bertz CT molecular complexity index is 473. The van der Waals surface area contributed by atoms with E-state index in [1.54, 1.807) is 23.1 Å². The number of likely N-dealkylation sites (N-methyl/N-ethyl adjacent to an activating group) is 1. The van der Waals surface area contributed by atoms with Crippen molar-refractivity contribution in [2.75, 3.05) is 19.6 Å². The molecule has 1 unspecified atom stereocenters. The van der Waals surface area contributed by atoms with Crippen LogP contribution in [0.5, 0.6) is 5.75 Å². The highest BCUT2D eigenvalue weighted by Crippen LogP contribution is 2.24. The highest BCUT2D eigenvalue weighted by molar-refractivity contribution is 9.10. The third-order valence-corrected chi connectivity index (χ3v) is 4.21. The van der Waals surface area contributed by atoms with Gasteiger partial charge in [0.2, 0.25) is 0 Å². The Hall–Kier alpha value is -1.07. The molecule has 0 bridgehead atoms. The molecule has 1 amide bonds. The van der Waals surface area contributed by atoms with Gasteiger partial charge in [0, 0.05) is 23.6 Å². The lowest BCUT2D eigenvalue weighted by Gasteiger charge is -2.30. The maximum atomic E-state index is 12.5. The monoisotopic (exact) mass is 340 g/mol. The number of benzene rings is 1. The smallest absolute Gasteiger partial charge is 0.257 e. The first-order chi connectivity index (χ1) is 9.61. The summed E-state index contributed by atoms with van der Waals surface area (Å²) in [7, 11) is 0. The van der Waals surface area contributed by atoms with Gasteiger partial charge in [-0.15, -0.1) is 0 Å². The molecule has 1 saturated heterocycles. The minimum atomic E-state index is -0.107. The van der Waals surface area contributed by atoms with E-state index in [0.29, 0.717) is 24.7 Å². The van der Waals surface area contributed by atoms with Crippen molar-refractivity contribution in [3.8, 4) is 5.75 Å². The van der Waals surface area contributed by atoms with Gasteiger partial charge in [0.1, 0.15) is 5.75 Å². The highest BCUT2D eigenvalue weighted by Gasteiger charge is 2.22. The van der Waals surface area contributed by atoms with Gasteiger partial charge in [0.05, 0.1) is 5.56 Å². The summed E-state index contributed by atoms with van der Waals surface area (Å²) in [5.74, 6) is -0.0794. The van der Waals surface area contributed by atoms with Crippen LogP contribution >= 0.6 is 15.9 Å². The van der Waals surface area contributed by atoms with Gasteiger partial charge < -0.3 is 15.3 Å². The summed E-state index contributed by atoms with van der Waals surface area (Å²) in [5, 5.41) is 13.4. The van der Waals surface area contributed by atoms with Crippen LogP contribution in [-0.4, -0.2) is 41.6 Å².